The summed E-state index contributed by atoms with van der Waals surface area (Å²) in [6.07, 6.45) is 3.95. The topological polar surface area (TPSA) is 35.2 Å². The molecule has 1 aromatic rings. The summed E-state index contributed by atoms with van der Waals surface area (Å²) in [4.78, 5) is 0. The quantitative estimate of drug-likeness (QED) is 0.884. The Bertz CT molecular complexity index is 427. The molecule has 0 aliphatic heterocycles. The molecule has 1 aromatic carbocycles. The zero-order valence-corrected chi connectivity index (χ0v) is 12.6. The first-order chi connectivity index (χ1) is 8.97. The van der Waals surface area contributed by atoms with Crippen LogP contribution in [0.4, 0.5) is 0 Å². The summed E-state index contributed by atoms with van der Waals surface area (Å²) in [6, 6.07) is 6.36. The van der Waals surface area contributed by atoms with Crippen LogP contribution in [0.1, 0.15) is 57.2 Å². The molecule has 106 valence electrons. The Hall–Kier alpha value is -1.02. The van der Waals surface area contributed by atoms with Crippen molar-refractivity contribution < 1.29 is 4.74 Å². The van der Waals surface area contributed by atoms with E-state index in [4.69, 9.17) is 10.5 Å². The van der Waals surface area contributed by atoms with Crippen molar-refractivity contribution in [1.29, 1.82) is 0 Å². The standard InChI is InChI=1S/C17H27NO/c1-11-5-8-16(14(4)18)17(9-11)19-15-7-6-12(2)13(3)10-15/h5,8-9,12-15H,6-7,10,18H2,1-4H3. The Kier molecular flexibility index (Phi) is 4.51. The van der Waals surface area contributed by atoms with Crippen molar-refractivity contribution in [2.24, 2.45) is 17.6 Å². The fourth-order valence-corrected chi connectivity index (χ4v) is 2.90. The molecule has 4 atom stereocenters. The molecule has 1 aliphatic rings. The van der Waals surface area contributed by atoms with Crippen molar-refractivity contribution in [3.8, 4) is 5.75 Å². The molecule has 4 unspecified atom stereocenters. The minimum Gasteiger partial charge on any atom is -0.490 e. The van der Waals surface area contributed by atoms with Gasteiger partial charge in [-0.1, -0.05) is 26.0 Å². The second kappa shape index (κ2) is 5.96. The molecule has 2 nitrogen and oxygen atoms in total. The average molecular weight is 261 g/mol. The highest BCUT2D eigenvalue weighted by molar-refractivity contribution is 5.39. The minimum atomic E-state index is 0.0236. The Balaban J connectivity index is 2.12. The number of benzene rings is 1. The first-order valence-electron chi connectivity index (χ1n) is 7.50. The van der Waals surface area contributed by atoms with E-state index in [1.165, 1.54) is 12.0 Å². The second-order valence-corrected chi connectivity index (χ2v) is 6.34. The fraction of sp³-hybridized carbons (Fsp3) is 0.647. The largest absolute Gasteiger partial charge is 0.490 e. The van der Waals surface area contributed by atoms with E-state index in [-0.39, 0.29) is 6.04 Å². The molecule has 0 saturated heterocycles. The van der Waals surface area contributed by atoms with Crippen molar-refractivity contribution in [2.45, 2.75) is 59.1 Å². The van der Waals surface area contributed by atoms with Crippen LogP contribution in [0.25, 0.3) is 0 Å². The molecule has 0 aromatic heterocycles. The van der Waals surface area contributed by atoms with Gasteiger partial charge in [0.2, 0.25) is 0 Å². The number of rotatable bonds is 3. The molecular weight excluding hydrogens is 234 g/mol. The van der Waals surface area contributed by atoms with E-state index >= 15 is 0 Å². The summed E-state index contributed by atoms with van der Waals surface area (Å²) in [5.41, 5.74) is 8.39. The van der Waals surface area contributed by atoms with Gasteiger partial charge in [0.15, 0.2) is 0 Å². The van der Waals surface area contributed by atoms with Crippen molar-refractivity contribution in [2.75, 3.05) is 0 Å². The third-order valence-corrected chi connectivity index (χ3v) is 4.50. The molecule has 19 heavy (non-hydrogen) atoms. The van der Waals surface area contributed by atoms with E-state index in [0.29, 0.717) is 6.10 Å². The average Bonchev–Trinajstić information content (AvgIpc) is 2.33. The number of nitrogens with two attached hydrogens (primary N) is 1. The highest BCUT2D eigenvalue weighted by Gasteiger charge is 2.26. The number of aryl methyl sites for hydroxylation is 1. The van der Waals surface area contributed by atoms with Gasteiger partial charge >= 0.3 is 0 Å². The lowest BCUT2D eigenvalue weighted by Gasteiger charge is -2.33. The van der Waals surface area contributed by atoms with Gasteiger partial charge in [0, 0.05) is 11.6 Å². The van der Waals surface area contributed by atoms with Gasteiger partial charge in [-0.3, -0.25) is 0 Å². The van der Waals surface area contributed by atoms with Crippen LogP contribution >= 0.6 is 0 Å². The van der Waals surface area contributed by atoms with Crippen LogP contribution in [-0.4, -0.2) is 6.10 Å². The highest BCUT2D eigenvalue weighted by Crippen LogP contribution is 2.34. The predicted molar refractivity (Wildman–Crippen MR) is 80.4 cm³/mol. The Morgan fingerprint density at radius 2 is 1.95 bits per heavy atom. The molecule has 2 N–H and O–H groups in total. The van der Waals surface area contributed by atoms with Crippen LogP contribution in [-0.2, 0) is 0 Å². The van der Waals surface area contributed by atoms with Gasteiger partial charge in [0.1, 0.15) is 5.75 Å². The molecule has 0 bridgehead atoms. The Morgan fingerprint density at radius 3 is 2.58 bits per heavy atom. The summed E-state index contributed by atoms with van der Waals surface area (Å²) < 4.78 is 6.27. The molecule has 0 heterocycles. The summed E-state index contributed by atoms with van der Waals surface area (Å²) in [7, 11) is 0. The zero-order valence-electron chi connectivity index (χ0n) is 12.6. The van der Waals surface area contributed by atoms with E-state index in [9.17, 15) is 0 Å². The lowest BCUT2D eigenvalue weighted by Crippen LogP contribution is -2.29. The molecule has 0 spiro atoms. The van der Waals surface area contributed by atoms with Crippen molar-refractivity contribution >= 4 is 0 Å². The summed E-state index contributed by atoms with van der Waals surface area (Å²) in [5, 5.41) is 0. The predicted octanol–water partition coefficient (Wildman–Crippen LogP) is 4.22. The molecular formula is C17H27NO. The van der Waals surface area contributed by atoms with E-state index in [1.54, 1.807) is 0 Å². The maximum Gasteiger partial charge on any atom is 0.124 e. The smallest absolute Gasteiger partial charge is 0.124 e. The third-order valence-electron chi connectivity index (χ3n) is 4.50. The normalized spacial score (nSPS) is 29.0. The molecule has 1 fully saturated rings. The summed E-state index contributed by atoms with van der Waals surface area (Å²) in [6.45, 7) is 8.80. The molecule has 1 saturated carbocycles. The molecule has 2 rings (SSSR count). The van der Waals surface area contributed by atoms with Gasteiger partial charge in [-0.15, -0.1) is 0 Å². The van der Waals surface area contributed by atoms with Crippen LogP contribution < -0.4 is 10.5 Å². The van der Waals surface area contributed by atoms with Gasteiger partial charge in [-0.2, -0.15) is 0 Å². The second-order valence-electron chi connectivity index (χ2n) is 6.34. The molecule has 0 radical (unpaired) electrons. The van der Waals surface area contributed by atoms with Gasteiger partial charge < -0.3 is 10.5 Å². The maximum absolute atomic E-state index is 6.27. The van der Waals surface area contributed by atoms with Crippen LogP contribution in [0, 0.1) is 18.8 Å². The van der Waals surface area contributed by atoms with E-state index in [1.807, 2.05) is 6.92 Å². The fourth-order valence-electron chi connectivity index (χ4n) is 2.90. The summed E-state index contributed by atoms with van der Waals surface area (Å²) >= 11 is 0. The first kappa shape index (κ1) is 14.4. The number of ether oxygens (including phenoxy) is 1. The van der Waals surface area contributed by atoms with Crippen molar-refractivity contribution in [1.82, 2.24) is 0 Å². The third kappa shape index (κ3) is 3.50. The lowest BCUT2D eigenvalue weighted by molar-refractivity contribution is 0.0994. The molecule has 0 amide bonds. The van der Waals surface area contributed by atoms with E-state index in [2.05, 4.69) is 39.0 Å². The maximum atomic E-state index is 6.27. The molecule has 1 aliphatic carbocycles. The van der Waals surface area contributed by atoms with Gasteiger partial charge in [-0.25, -0.2) is 0 Å². The van der Waals surface area contributed by atoms with E-state index < -0.39 is 0 Å². The van der Waals surface area contributed by atoms with Crippen molar-refractivity contribution in [3.63, 3.8) is 0 Å². The SMILES string of the molecule is Cc1ccc(C(C)N)c(OC2CCC(C)C(C)C2)c1. The zero-order chi connectivity index (χ0) is 14.0. The van der Waals surface area contributed by atoms with Crippen LogP contribution in [0.2, 0.25) is 0 Å². The van der Waals surface area contributed by atoms with Gasteiger partial charge in [-0.05, 0) is 56.6 Å². The summed E-state index contributed by atoms with van der Waals surface area (Å²) in [5.74, 6) is 2.56. The highest BCUT2D eigenvalue weighted by atomic mass is 16.5. The Labute approximate surface area is 117 Å². The Morgan fingerprint density at radius 1 is 1.21 bits per heavy atom. The van der Waals surface area contributed by atoms with Crippen LogP contribution in [0.15, 0.2) is 18.2 Å². The number of hydrogen-bond acceptors (Lipinski definition) is 2. The van der Waals surface area contributed by atoms with Gasteiger partial charge in [0.05, 0.1) is 6.10 Å². The molecule has 2 heteroatoms. The van der Waals surface area contributed by atoms with Crippen LogP contribution in [0.5, 0.6) is 5.75 Å². The minimum absolute atomic E-state index is 0.0236. The number of hydrogen-bond donors (Lipinski definition) is 1. The first-order valence-corrected chi connectivity index (χ1v) is 7.50. The van der Waals surface area contributed by atoms with Gasteiger partial charge in [0.25, 0.3) is 0 Å². The van der Waals surface area contributed by atoms with Crippen LogP contribution in [0.3, 0.4) is 0 Å². The van der Waals surface area contributed by atoms with Crippen molar-refractivity contribution in [3.05, 3.63) is 29.3 Å². The van der Waals surface area contributed by atoms with E-state index in [0.717, 1.165) is 36.0 Å². The lowest BCUT2D eigenvalue weighted by atomic mass is 9.80. The monoisotopic (exact) mass is 261 g/mol.